The number of halogens is 2. The van der Waals surface area contributed by atoms with E-state index in [0.717, 1.165) is 12.1 Å². The first-order valence-electron chi connectivity index (χ1n) is 9.19. The second kappa shape index (κ2) is 9.44. The third kappa shape index (κ3) is 5.20. The van der Waals surface area contributed by atoms with Crippen LogP contribution in [0.5, 0.6) is 11.5 Å². The highest BCUT2D eigenvalue weighted by molar-refractivity contribution is 8.01. The lowest BCUT2D eigenvalue weighted by atomic mass is 10.1. The average molecular weight is 462 g/mol. The van der Waals surface area contributed by atoms with Crippen molar-refractivity contribution >= 4 is 34.8 Å². The number of thioether (sulfide) groups is 1. The Labute approximate surface area is 184 Å². The molecule has 1 aliphatic rings. The van der Waals surface area contributed by atoms with Crippen LogP contribution in [0.2, 0.25) is 0 Å². The molecule has 3 aromatic rings. The molecule has 6 nitrogen and oxygen atoms in total. The van der Waals surface area contributed by atoms with Gasteiger partial charge in [-0.15, -0.1) is 11.3 Å². The van der Waals surface area contributed by atoms with Gasteiger partial charge in [0.15, 0.2) is 21.6 Å². The zero-order chi connectivity index (χ0) is 21.8. The summed E-state index contributed by atoms with van der Waals surface area (Å²) in [6, 6.07) is 8.58. The van der Waals surface area contributed by atoms with E-state index in [1.54, 1.807) is 23.6 Å². The van der Waals surface area contributed by atoms with Crippen molar-refractivity contribution in [3.05, 3.63) is 70.2 Å². The highest BCUT2D eigenvalue weighted by atomic mass is 32.2. The predicted octanol–water partition coefficient (Wildman–Crippen LogP) is 3.98. The number of hydrogen-bond donors (Lipinski definition) is 1. The first-order valence-corrected chi connectivity index (χ1v) is 11.1. The maximum absolute atomic E-state index is 13.6. The second-order valence-corrected chi connectivity index (χ2v) is 8.62. The first kappa shape index (κ1) is 21.3. The van der Waals surface area contributed by atoms with Crippen LogP contribution in [0.1, 0.15) is 21.6 Å². The first-order chi connectivity index (χ1) is 15.0. The third-order valence-electron chi connectivity index (χ3n) is 4.42. The molecule has 2 heterocycles. The number of ketones is 1. The number of nitrogens with one attached hydrogen (secondary N) is 1. The molecule has 0 saturated heterocycles. The molecule has 2 aromatic carbocycles. The smallest absolute Gasteiger partial charge is 0.231 e. The molecule has 4 rings (SSSR count). The highest BCUT2D eigenvalue weighted by Crippen LogP contribution is 2.33. The molecule has 1 aromatic heterocycles. The van der Waals surface area contributed by atoms with Crippen LogP contribution in [0.25, 0.3) is 0 Å². The Morgan fingerprint density at radius 3 is 2.71 bits per heavy atom. The van der Waals surface area contributed by atoms with Crippen LogP contribution < -0.4 is 14.8 Å². The van der Waals surface area contributed by atoms with E-state index in [0.29, 0.717) is 27.1 Å². The normalized spacial score (nSPS) is 12.1. The molecule has 0 radical (unpaired) electrons. The molecule has 0 fully saturated rings. The van der Waals surface area contributed by atoms with Crippen molar-refractivity contribution in [1.29, 1.82) is 0 Å². The fourth-order valence-electron chi connectivity index (χ4n) is 2.83. The zero-order valence-electron chi connectivity index (χ0n) is 16.0. The number of fused-ring (bicyclic) bond motifs is 1. The topological polar surface area (TPSA) is 77.5 Å². The molecule has 160 valence electrons. The summed E-state index contributed by atoms with van der Waals surface area (Å²) in [5.41, 5.74) is 0.857. The standard InChI is InChI=1S/C21H16F2N2O4S2/c22-15-2-1-3-16(23)14(15)8-24-20(27)7-13-9-30-21(25-13)31-10-17(26)12-4-5-18-19(6-12)29-11-28-18/h1-6,9H,7-8,10-11H2,(H,24,27). The van der Waals surface area contributed by atoms with Gasteiger partial charge in [-0.3, -0.25) is 9.59 Å². The number of aromatic nitrogens is 1. The Morgan fingerprint density at radius 2 is 1.90 bits per heavy atom. The maximum Gasteiger partial charge on any atom is 0.231 e. The summed E-state index contributed by atoms with van der Waals surface area (Å²) in [6.45, 7) is -0.0977. The van der Waals surface area contributed by atoms with Crippen LogP contribution >= 0.6 is 23.1 Å². The zero-order valence-corrected chi connectivity index (χ0v) is 17.7. The number of carbonyl (C=O) groups excluding carboxylic acids is 2. The van der Waals surface area contributed by atoms with Gasteiger partial charge in [0.2, 0.25) is 12.7 Å². The lowest BCUT2D eigenvalue weighted by Crippen LogP contribution is -2.25. The number of carbonyl (C=O) groups is 2. The molecule has 0 unspecified atom stereocenters. The van der Waals surface area contributed by atoms with Crippen molar-refractivity contribution in [2.24, 2.45) is 0 Å². The predicted molar refractivity (Wildman–Crippen MR) is 112 cm³/mol. The third-order valence-corrected chi connectivity index (χ3v) is 6.49. The fraction of sp³-hybridized carbons (Fsp3) is 0.190. The number of benzene rings is 2. The van der Waals surface area contributed by atoms with Gasteiger partial charge in [0, 0.05) is 23.1 Å². The number of Topliss-reactive ketones (excluding diaryl/α,β-unsaturated/α-hetero) is 1. The van der Waals surface area contributed by atoms with Gasteiger partial charge in [-0.1, -0.05) is 17.8 Å². The quantitative estimate of drug-likeness (QED) is 0.403. The van der Waals surface area contributed by atoms with Gasteiger partial charge in [0.25, 0.3) is 0 Å². The molecule has 0 bridgehead atoms. The summed E-state index contributed by atoms with van der Waals surface area (Å²) in [5.74, 6) is -0.547. The summed E-state index contributed by atoms with van der Waals surface area (Å²) in [7, 11) is 0. The van der Waals surface area contributed by atoms with E-state index < -0.39 is 17.5 Å². The van der Waals surface area contributed by atoms with E-state index in [1.165, 1.54) is 29.2 Å². The van der Waals surface area contributed by atoms with Gasteiger partial charge in [0.05, 0.1) is 17.9 Å². The molecule has 0 saturated carbocycles. The SMILES string of the molecule is O=C(Cc1csc(SCC(=O)c2ccc3c(c2)OCO3)n1)NCc1c(F)cccc1F. The van der Waals surface area contributed by atoms with Crippen molar-refractivity contribution in [2.45, 2.75) is 17.3 Å². The van der Waals surface area contributed by atoms with Crippen LogP contribution in [-0.2, 0) is 17.8 Å². The molecular formula is C21H16F2N2O4S2. The van der Waals surface area contributed by atoms with Crippen LogP contribution in [-0.4, -0.2) is 29.2 Å². The lowest BCUT2D eigenvalue weighted by molar-refractivity contribution is -0.120. The van der Waals surface area contributed by atoms with E-state index in [2.05, 4.69) is 10.3 Å². The van der Waals surface area contributed by atoms with Gasteiger partial charge < -0.3 is 14.8 Å². The van der Waals surface area contributed by atoms with Crippen molar-refractivity contribution in [3.63, 3.8) is 0 Å². The maximum atomic E-state index is 13.6. The molecule has 0 atom stereocenters. The minimum Gasteiger partial charge on any atom is -0.454 e. The highest BCUT2D eigenvalue weighted by Gasteiger charge is 2.17. The van der Waals surface area contributed by atoms with Crippen molar-refractivity contribution in [3.8, 4) is 11.5 Å². The van der Waals surface area contributed by atoms with Gasteiger partial charge in [-0.2, -0.15) is 0 Å². The van der Waals surface area contributed by atoms with E-state index >= 15 is 0 Å². The van der Waals surface area contributed by atoms with Crippen LogP contribution in [0, 0.1) is 11.6 Å². The number of thiazole rings is 1. The second-order valence-electron chi connectivity index (χ2n) is 6.54. The summed E-state index contributed by atoms with van der Waals surface area (Å²) >= 11 is 2.60. The number of hydrogen-bond acceptors (Lipinski definition) is 7. The summed E-state index contributed by atoms with van der Waals surface area (Å²) in [5, 5.41) is 4.21. The summed E-state index contributed by atoms with van der Waals surface area (Å²) < 4.78 is 38.4. The van der Waals surface area contributed by atoms with Gasteiger partial charge in [0.1, 0.15) is 11.6 Å². The lowest BCUT2D eigenvalue weighted by Gasteiger charge is -2.06. The molecule has 0 aliphatic carbocycles. The van der Waals surface area contributed by atoms with E-state index in [4.69, 9.17) is 9.47 Å². The minimum atomic E-state index is -0.709. The Morgan fingerprint density at radius 1 is 1.13 bits per heavy atom. The summed E-state index contributed by atoms with van der Waals surface area (Å²) in [4.78, 5) is 28.8. The molecule has 0 spiro atoms. The van der Waals surface area contributed by atoms with Crippen LogP contribution in [0.3, 0.4) is 0 Å². The number of nitrogens with zero attached hydrogens (tertiary/aromatic N) is 1. The Hall–Kier alpha value is -2.98. The minimum absolute atomic E-state index is 0.0246. The Bertz CT molecular complexity index is 1120. The van der Waals surface area contributed by atoms with E-state index in [1.807, 2.05) is 0 Å². The largest absolute Gasteiger partial charge is 0.454 e. The molecule has 1 amide bonds. The van der Waals surface area contributed by atoms with Gasteiger partial charge >= 0.3 is 0 Å². The Kier molecular flexibility index (Phi) is 6.47. The average Bonchev–Trinajstić information content (AvgIpc) is 3.40. The van der Waals surface area contributed by atoms with Crippen molar-refractivity contribution in [1.82, 2.24) is 10.3 Å². The van der Waals surface area contributed by atoms with E-state index in [-0.39, 0.29) is 36.9 Å². The molecule has 31 heavy (non-hydrogen) atoms. The number of ether oxygens (including phenoxy) is 2. The summed E-state index contributed by atoms with van der Waals surface area (Å²) in [6.07, 6.45) is -0.0246. The van der Waals surface area contributed by atoms with Crippen LogP contribution in [0.4, 0.5) is 8.78 Å². The monoisotopic (exact) mass is 462 g/mol. The molecule has 1 N–H and O–H groups in total. The molecule has 10 heteroatoms. The Balaban J connectivity index is 1.27. The van der Waals surface area contributed by atoms with E-state index in [9.17, 15) is 18.4 Å². The molecule has 1 aliphatic heterocycles. The number of rotatable bonds is 8. The van der Waals surface area contributed by atoms with Gasteiger partial charge in [-0.25, -0.2) is 13.8 Å². The fourth-order valence-corrected chi connectivity index (χ4v) is 4.57. The van der Waals surface area contributed by atoms with Gasteiger partial charge in [-0.05, 0) is 30.3 Å². The molecular weight excluding hydrogens is 446 g/mol. The van der Waals surface area contributed by atoms with Crippen molar-refractivity contribution < 1.29 is 27.8 Å². The van der Waals surface area contributed by atoms with Crippen molar-refractivity contribution in [2.75, 3.05) is 12.5 Å². The number of amides is 1. The van der Waals surface area contributed by atoms with Crippen LogP contribution in [0.15, 0.2) is 46.1 Å².